The fourth-order valence-corrected chi connectivity index (χ4v) is 5.44. The summed E-state index contributed by atoms with van der Waals surface area (Å²) >= 11 is 1.33. The van der Waals surface area contributed by atoms with Gasteiger partial charge in [-0.15, -0.1) is 11.3 Å². The van der Waals surface area contributed by atoms with Crippen LogP contribution in [0.4, 0.5) is 35.1 Å². The molecule has 0 radical (unpaired) electrons. The standard InChI is InChI=1S/C31H32F8O4S/c1-4-6-7-8-20-9-12-23(24(17-20)41-3)26-18-21-10-11-22(19-25(21)44-26)42-15-13-28(32,33)30(36,37)31(38,39)29(34,35)14-16-43-27(40)5-2/h5,9-12,17-19H,2,4,6-8,13-16H2,1,3H3. The normalized spacial score (nSPS) is 12.8. The van der Waals surface area contributed by atoms with Gasteiger partial charge in [-0.3, -0.25) is 0 Å². The van der Waals surface area contributed by atoms with Gasteiger partial charge >= 0.3 is 29.7 Å². The van der Waals surface area contributed by atoms with Gasteiger partial charge in [0.05, 0.1) is 33.2 Å². The molecule has 0 unspecified atom stereocenters. The summed E-state index contributed by atoms with van der Waals surface area (Å²) in [6, 6.07) is 12.3. The van der Waals surface area contributed by atoms with Gasteiger partial charge in [-0.05, 0) is 60.2 Å². The molecule has 13 heteroatoms. The summed E-state index contributed by atoms with van der Waals surface area (Å²) < 4.78 is 129. The Hall–Kier alpha value is -3.35. The summed E-state index contributed by atoms with van der Waals surface area (Å²) in [6.07, 6.45) is 0.619. The van der Waals surface area contributed by atoms with E-state index in [4.69, 9.17) is 9.47 Å². The van der Waals surface area contributed by atoms with Crippen molar-refractivity contribution in [3.63, 3.8) is 0 Å². The highest BCUT2D eigenvalue weighted by molar-refractivity contribution is 7.22. The second-order valence-electron chi connectivity index (χ2n) is 10.1. The van der Waals surface area contributed by atoms with Crippen molar-refractivity contribution in [3.05, 3.63) is 60.7 Å². The molecule has 0 bridgehead atoms. The van der Waals surface area contributed by atoms with E-state index in [2.05, 4.69) is 18.2 Å². The van der Waals surface area contributed by atoms with E-state index >= 15 is 0 Å². The summed E-state index contributed by atoms with van der Waals surface area (Å²) in [4.78, 5) is 11.7. The molecule has 3 rings (SSSR count). The van der Waals surface area contributed by atoms with E-state index in [-0.39, 0.29) is 5.75 Å². The minimum atomic E-state index is -6.47. The number of methoxy groups -OCH3 is 1. The number of hydrogen-bond donors (Lipinski definition) is 0. The summed E-state index contributed by atoms with van der Waals surface area (Å²) in [5.74, 6) is -24.7. The molecule has 0 aliphatic heterocycles. The summed E-state index contributed by atoms with van der Waals surface area (Å²) in [5, 5.41) is 0.768. The van der Waals surface area contributed by atoms with Crippen LogP contribution in [-0.4, -0.2) is 50.0 Å². The largest absolute Gasteiger partial charge is 0.496 e. The van der Waals surface area contributed by atoms with E-state index < -0.39 is 55.7 Å². The number of halogens is 8. The first-order chi connectivity index (χ1) is 20.6. The third-order valence-electron chi connectivity index (χ3n) is 6.92. The molecular formula is C31H32F8O4S. The Balaban J connectivity index is 1.69. The molecular weight excluding hydrogens is 620 g/mol. The van der Waals surface area contributed by atoms with Crippen LogP contribution in [0, 0.1) is 0 Å². The number of unbranched alkanes of at least 4 members (excludes halogenated alkanes) is 2. The minimum absolute atomic E-state index is 0.00984. The highest BCUT2D eigenvalue weighted by Gasteiger charge is 2.79. The van der Waals surface area contributed by atoms with Crippen molar-refractivity contribution in [1.29, 1.82) is 0 Å². The molecule has 2 aromatic carbocycles. The number of aryl methyl sites for hydroxylation is 1. The third kappa shape index (κ3) is 7.65. The Labute approximate surface area is 253 Å². The van der Waals surface area contributed by atoms with Gasteiger partial charge < -0.3 is 14.2 Å². The van der Waals surface area contributed by atoms with Crippen LogP contribution in [0.5, 0.6) is 11.5 Å². The first kappa shape index (κ1) is 35.1. The van der Waals surface area contributed by atoms with Crippen LogP contribution >= 0.6 is 11.3 Å². The maximum absolute atomic E-state index is 14.3. The van der Waals surface area contributed by atoms with Gasteiger partial charge in [0.2, 0.25) is 0 Å². The van der Waals surface area contributed by atoms with Crippen molar-refractivity contribution >= 4 is 27.4 Å². The van der Waals surface area contributed by atoms with E-state index in [1.54, 1.807) is 13.2 Å². The van der Waals surface area contributed by atoms with E-state index in [0.717, 1.165) is 47.1 Å². The Morgan fingerprint density at radius 1 is 0.886 bits per heavy atom. The lowest BCUT2D eigenvalue weighted by atomic mass is 9.95. The van der Waals surface area contributed by atoms with Gasteiger partial charge in [-0.25, -0.2) is 4.79 Å². The number of fused-ring (bicyclic) bond motifs is 1. The monoisotopic (exact) mass is 652 g/mol. The van der Waals surface area contributed by atoms with Crippen molar-refractivity contribution in [2.24, 2.45) is 0 Å². The van der Waals surface area contributed by atoms with E-state index in [0.29, 0.717) is 16.5 Å². The van der Waals surface area contributed by atoms with Gasteiger partial charge in [-0.2, -0.15) is 35.1 Å². The fraction of sp³-hybridized carbons (Fsp3) is 0.452. The van der Waals surface area contributed by atoms with Crippen LogP contribution in [0.2, 0.25) is 0 Å². The number of thiophene rings is 1. The Bertz CT molecular complexity index is 1440. The molecule has 0 amide bonds. The fourth-order valence-electron chi connectivity index (χ4n) is 4.32. The van der Waals surface area contributed by atoms with Gasteiger partial charge in [0.15, 0.2) is 0 Å². The zero-order chi connectivity index (χ0) is 32.8. The molecule has 4 nitrogen and oxygen atoms in total. The third-order valence-corrected chi connectivity index (χ3v) is 8.05. The minimum Gasteiger partial charge on any atom is -0.496 e. The molecule has 44 heavy (non-hydrogen) atoms. The number of benzene rings is 2. The van der Waals surface area contributed by atoms with E-state index in [9.17, 15) is 39.9 Å². The van der Waals surface area contributed by atoms with Crippen LogP contribution in [-0.2, 0) is 16.0 Å². The van der Waals surface area contributed by atoms with Crippen LogP contribution in [0.25, 0.3) is 20.5 Å². The second kappa shape index (κ2) is 14.2. The highest BCUT2D eigenvalue weighted by atomic mass is 32.1. The Kier molecular flexibility index (Phi) is 11.3. The molecule has 0 fully saturated rings. The average Bonchev–Trinajstić information content (AvgIpc) is 3.40. The van der Waals surface area contributed by atoms with Crippen LogP contribution in [0.3, 0.4) is 0 Å². The zero-order valence-corrected chi connectivity index (χ0v) is 24.9. The first-order valence-corrected chi connectivity index (χ1v) is 14.6. The van der Waals surface area contributed by atoms with Crippen LogP contribution < -0.4 is 9.47 Å². The molecule has 3 aromatic rings. The van der Waals surface area contributed by atoms with Crippen molar-refractivity contribution in [2.45, 2.75) is 69.1 Å². The number of ether oxygens (including phenoxy) is 3. The Morgan fingerprint density at radius 3 is 2.16 bits per heavy atom. The van der Waals surface area contributed by atoms with Crippen molar-refractivity contribution in [1.82, 2.24) is 0 Å². The zero-order valence-electron chi connectivity index (χ0n) is 24.0. The SMILES string of the molecule is C=CC(=O)OCCC(F)(F)C(F)(F)C(F)(F)C(F)(F)CCOc1ccc2cc(-c3ccc(CCCCC)cc3OC)sc2c1. The predicted molar refractivity (Wildman–Crippen MR) is 153 cm³/mol. The summed E-state index contributed by atoms with van der Waals surface area (Å²) in [7, 11) is 1.56. The Morgan fingerprint density at radius 2 is 1.55 bits per heavy atom. The number of carbonyl (C=O) groups excluding carboxylic acids is 1. The first-order valence-electron chi connectivity index (χ1n) is 13.7. The molecule has 0 atom stereocenters. The molecule has 0 N–H and O–H groups in total. The average molecular weight is 653 g/mol. The molecule has 0 aliphatic carbocycles. The summed E-state index contributed by atoms with van der Waals surface area (Å²) in [6.45, 7) is 2.49. The molecule has 1 heterocycles. The molecule has 0 saturated carbocycles. The van der Waals surface area contributed by atoms with Crippen LogP contribution in [0.15, 0.2) is 55.1 Å². The van der Waals surface area contributed by atoms with Crippen LogP contribution in [0.1, 0.15) is 44.6 Å². The van der Waals surface area contributed by atoms with Gasteiger partial charge in [-0.1, -0.05) is 32.4 Å². The van der Waals surface area contributed by atoms with Gasteiger partial charge in [0, 0.05) is 21.2 Å². The smallest absolute Gasteiger partial charge is 0.378 e. The topological polar surface area (TPSA) is 44.8 Å². The van der Waals surface area contributed by atoms with Gasteiger partial charge in [0.25, 0.3) is 0 Å². The number of carbonyl (C=O) groups is 1. The second-order valence-corrected chi connectivity index (χ2v) is 11.2. The maximum Gasteiger partial charge on any atom is 0.378 e. The molecule has 1 aromatic heterocycles. The van der Waals surface area contributed by atoms with E-state index in [1.165, 1.54) is 23.5 Å². The number of esters is 1. The molecule has 0 aliphatic rings. The number of rotatable bonds is 17. The van der Waals surface area contributed by atoms with Crippen molar-refractivity contribution in [2.75, 3.05) is 20.3 Å². The lowest BCUT2D eigenvalue weighted by molar-refractivity contribution is -0.368. The number of alkyl halides is 8. The van der Waals surface area contributed by atoms with Crippen molar-refractivity contribution < 1.29 is 54.1 Å². The van der Waals surface area contributed by atoms with Gasteiger partial charge in [0.1, 0.15) is 11.5 Å². The lowest BCUT2D eigenvalue weighted by Crippen LogP contribution is -2.62. The maximum atomic E-state index is 14.3. The quantitative estimate of drug-likeness (QED) is 0.0631. The molecule has 242 valence electrons. The molecule has 0 saturated heterocycles. The summed E-state index contributed by atoms with van der Waals surface area (Å²) in [5.41, 5.74) is 1.96. The molecule has 0 spiro atoms. The van der Waals surface area contributed by atoms with E-state index in [1.807, 2.05) is 24.3 Å². The van der Waals surface area contributed by atoms with Crippen molar-refractivity contribution in [3.8, 4) is 21.9 Å². The predicted octanol–water partition coefficient (Wildman–Crippen LogP) is 9.74. The number of hydrogen-bond acceptors (Lipinski definition) is 5. The lowest BCUT2D eigenvalue weighted by Gasteiger charge is -2.36. The highest BCUT2D eigenvalue weighted by Crippen LogP contribution is 2.54.